The summed E-state index contributed by atoms with van der Waals surface area (Å²) in [6, 6.07) is 13.9. The molecule has 6 heteroatoms. The Kier molecular flexibility index (Phi) is 5.18. The summed E-state index contributed by atoms with van der Waals surface area (Å²) in [5, 5.41) is 0.721. The first-order valence-corrected chi connectivity index (χ1v) is 10.0. The second-order valence-corrected chi connectivity index (χ2v) is 7.86. The minimum atomic E-state index is 0.00374. The van der Waals surface area contributed by atoms with Crippen LogP contribution in [-0.2, 0) is 16.6 Å². The summed E-state index contributed by atoms with van der Waals surface area (Å²) in [4.78, 5) is 20.3. The number of thioether (sulfide) groups is 1. The van der Waals surface area contributed by atoms with E-state index in [9.17, 15) is 4.79 Å². The van der Waals surface area contributed by atoms with E-state index in [0.717, 1.165) is 41.7 Å². The van der Waals surface area contributed by atoms with E-state index in [1.807, 2.05) is 49.5 Å². The maximum atomic E-state index is 13.1. The van der Waals surface area contributed by atoms with Gasteiger partial charge in [-0.1, -0.05) is 18.2 Å². The number of amides is 1. The third-order valence-corrected chi connectivity index (χ3v) is 5.98. The van der Waals surface area contributed by atoms with Gasteiger partial charge in [-0.2, -0.15) is 0 Å². The number of hydrogen-bond acceptors (Lipinski definition) is 4. The SMILES string of the molecule is Cc1ccc(/C=C2\SC(=Nc3ccccc3)N(CC3CCCO3)C2=O)n1C. The predicted molar refractivity (Wildman–Crippen MR) is 110 cm³/mol. The minimum absolute atomic E-state index is 0.00374. The molecule has 140 valence electrons. The molecule has 2 aliphatic rings. The molecule has 0 aliphatic carbocycles. The van der Waals surface area contributed by atoms with E-state index in [2.05, 4.69) is 17.6 Å². The summed E-state index contributed by atoms with van der Waals surface area (Å²) in [6.45, 7) is 3.38. The zero-order valence-electron chi connectivity index (χ0n) is 15.6. The van der Waals surface area contributed by atoms with Crippen LogP contribution in [0.5, 0.6) is 0 Å². The molecule has 0 saturated carbocycles. The van der Waals surface area contributed by atoms with Gasteiger partial charge in [-0.15, -0.1) is 0 Å². The first-order valence-electron chi connectivity index (χ1n) is 9.21. The van der Waals surface area contributed by atoms with Crippen LogP contribution in [0.3, 0.4) is 0 Å². The summed E-state index contributed by atoms with van der Waals surface area (Å²) in [5.74, 6) is 0.00374. The largest absolute Gasteiger partial charge is 0.376 e. The van der Waals surface area contributed by atoms with Gasteiger partial charge in [-0.3, -0.25) is 9.69 Å². The smallest absolute Gasteiger partial charge is 0.266 e. The number of nitrogens with zero attached hydrogens (tertiary/aromatic N) is 3. The van der Waals surface area contributed by atoms with Crippen molar-refractivity contribution in [2.45, 2.75) is 25.9 Å². The van der Waals surface area contributed by atoms with Crippen LogP contribution in [0.15, 0.2) is 52.4 Å². The third kappa shape index (κ3) is 3.87. The minimum Gasteiger partial charge on any atom is -0.376 e. The number of benzene rings is 1. The van der Waals surface area contributed by atoms with Crippen molar-refractivity contribution in [3.05, 3.63) is 58.8 Å². The number of aryl methyl sites for hydroxylation is 1. The lowest BCUT2D eigenvalue weighted by atomic mass is 10.2. The van der Waals surface area contributed by atoms with Gasteiger partial charge in [0.05, 0.1) is 23.2 Å². The third-order valence-electron chi connectivity index (χ3n) is 4.97. The molecular weight excluding hydrogens is 358 g/mol. The molecule has 5 nitrogen and oxygen atoms in total. The highest BCUT2D eigenvalue weighted by atomic mass is 32.2. The number of aromatic nitrogens is 1. The van der Waals surface area contributed by atoms with Gasteiger partial charge >= 0.3 is 0 Å². The molecule has 0 bridgehead atoms. The van der Waals surface area contributed by atoms with Gasteiger partial charge < -0.3 is 9.30 Å². The Morgan fingerprint density at radius 3 is 2.74 bits per heavy atom. The summed E-state index contributed by atoms with van der Waals surface area (Å²) >= 11 is 1.44. The van der Waals surface area contributed by atoms with Crippen molar-refractivity contribution in [2.75, 3.05) is 13.2 Å². The molecule has 2 fully saturated rings. The first kappa shape index (κ1) is 18.1. The second-order valence-electron chi connectivity index (χ2n) is 6.85. The van der Waals surface area contributed by atoms with E-state index in [0.29, 0.717) is 11.4 Å². The van der Waals surface area contributed by atoms with Gasteiger partial charge in [-0.05, 0) is 61.9 Å². The molecular formula is C21H23N3O2S. The van der Waals surface area contributed by atoms with Gasteiger partial charge in [0.25, 0.3) is 5.91 Å². The molecule has 1 atom stereocenters. The zero-order valence-corrected chi connectivity index (χ0v) is 16.4. The molecule has 27 heavy (non-hydrogen) atoms. The number of rotatable bonds is 4. The average Bonchev–Trinajstić information content (AvgIpc) is 3.37. The number of aliphatic imine (C=N–C) groups is 1. The molecule has 0 N–H and O–H groups in total. The molecule has 1 unspecified atom stereocenters. The number of hydrogen-bond donors (Lipinski definition) is 0. The lowest BCUT2D eigenvalue weighted by Gasteiger charge is -2.19. The zero-order chi connectivity index (χ0) is 18.8. The maximum absolute atomic E-state index is 13.1. The number of carbonyl (C=O) groups is 1. The highest BCUT2D eigenvalue weighted by Gasteiger charge is 2.36. The van der Waals surface area contributed by atoms with Crippen LogP contribution in [0.4, 0.5) is 5.69 Å². The van der Waals surface area contributed by atoms with Crippen LogP contribution in [0.25, 0.3) is 6.08 Å². The van der Waals surface area contributed by atoms with Crippen LogP contribution >= 0.6 is 11.8 Å². The van der Waals surface area contributed by atoms with Gasteiger partial charge in [0, 0.05) is 25.0 Å². The Hall–Kier alpha value is -2.31. The van der Waals surface area contributed by atoms with Crippen molar-refractivity contribution in [1.29, 1.82) is 0 Å². The number of carbonyl (C=O) groups excluding carboxylic acids is 1. The van der Waals surface area contributed by atoms with Crippen molar-refractivity contribution >= 4 is 34.6 Å². The monoisotopic (exact) mass is 381 g/mol. The highest BCUT2D eigenvalue weighted by molar-refractivity contribution is 8.18. The Morgan fingerprint density at radius 1 is 1.26 bits per heavy atom. The van der Waals surface area contributed by atoms with Crippen LogP contribution < -0.4 is 0 Å². The molecule has 0 spiro atoms. The number of ether oxygens (including phenoxy) is 1. The molecule has 4 rings (SSSR count). The van der Waals surface area contributed by atoms with Gasteiger partial charge in [0.1, 0.15) is 0 Å². The first-order chi connectivity index (χ1) is 13.1. The Labute approximate surface area is 163 Å². The topological polar surface area (TPSA) is 46.8 Å². The fraction of sp³-hybridized carbons (Fsp3) is 0.333. The Bertz CT molecular complexity index is 895. The molecule has 2 saturated heterocycles. The van der Waals surface area contributed by atoms with Crippen molar-refractivity contribution < 1.29 is 9.53 Å². The average molecular weight is 382 g/mol. The van der Waals surface area contributed by atoms with E-state index >= 15 is 0 Å². The van der Waals surface area contributed by atoms with Gasteiger partial charge in [0.2, 0.25) is 0 Å². The normalized spacial score (nSPS) is 23.1. The van der Waals surface area contributed by atoms with E-state index in [1.54, 1.807) is 4.90 Å². The fourth-order valence-corrected chi connectivity index (χ4v) is 4.26. The highest BCUT2D eigenvalue weighted by Crippen LogP contribution is 2.35. The van der Waals surface area contributed by atoms with Gasteiger partial charge in [-0.25, -0.2) is 4.99 Å². The van der Waals surface area contributed by atoms with E-state index in [1.165, 1.54) is 11.8 Å². The molecule has 2 aliphatic heterocycles. The lowest BCUT2D eigenvalue weighted by Crippen LogP contribution is -2.36. The van der Waals surface area contributed by atoms with Crippen molar-refractivity contribution in [1.82, 2.24) is 9.47 Å². The fourth-order valence-electron chi connectivity index (χ4n) is 3.27. The number of para-hydroxylation sites is 1. The molecule has 0 radical (unpaired) electrons. The number of amidine groups is 1. The predicted octanol–water partition coefficient (Wildman–Crippen LogP) is 4.12. The van der Waals surface area contributed by atoms with Crippen LogP contribution in [0, 0.1) is 6.92 Å². The van der Waals surface area contributed by atoms with Crippen LogP contribution in [0.2, 0.25) is 0 Å². The maximum Gasteiger partial charge on any atom is 0.266 e. The Balaban J connectivity index is 1.66. The van der Waals surface area contributed by atoms with Gasteiger partial charge in [0.15, 0.2) is 5.17 Å². The van der Waals surface area contributed by atoms with Crippen LogP contribution in [-0.4, -0.2) is 39.8 Å². The van der Waals surface area contributed by atoms with Crippen molar-refractivity contribution in [3.8, 4) is 0 Å². The summed E-state index contributed by atoms with van der Waals surface area (Å²) in [6.07, 6.45) is 4.09. The summed E-state index contributed by atoms with van der Waals surface area (Å²) in [7, 11) is 2.01. The van der Waals surface area contributed by atoms with Crippen molar-refractivity contribution in [3.63, 3.8) is 0 Å². The van der Waals surface area contributed by atoms with Crippen LogP contribution in [0.1, 0.15) is 24.2 Å². The molecule has 1 amide bonds. The standard InChI is InChI=1S/C21H23N3O2S/c1-15-10-11-17(23(15)2)13-19-20(25)24(14-18-9-6-12-26-18)21(27-19)22-16-7-4-3-5-8-16/h3-5,7-8,10-11,13,18H,6,9,12,14H2,1-2H3/b19-13-,22-21?. The quantitative estimate of drug-likeness (QED) is 0.749. The Morgan fingerprint density at radius 2 is 2.07 bits per heavy atom. The molecule has 1 aromatic heterocycles. The molecule has 2 aromatic rings. The van der Waals surface area contributed by atoms with Crippen molar-refractivity contribution in [2.24, 2.45) is 12.0 Å². The van der Waals surface area contributed by atoms with E-state index in [4.69, 9.17) is 9.73 Å². The molecule has 1 aromatic carbocycles. The van der Waals surface area contributed by atoms with E-state index in [-0.39, 0.29) is 12.0 Å². The molecule has 3 heterocycles. The lowest BCUT2D eigenvalue weighted by molar-refractivity contribution is -0.123. The second kappa shape index (κ2) is 7.74. The summed E-state index contributed by atoms with van der Waals surface area (Å²) in [5.41, 5.74) is 3.02. The van der Waals surface area contributed by atoms with E-state index < -0.39 is 0 Å². The summed E-state index contributed by atoms with van der Waals surface area (Å²) < 4.78 is 7.84.